The fraction of sp³-hybridized carbons (Fsp3) is 0.0400. The smallest absolute Gasteiger partial charge is 0.155 e. The van der Waals surface area contributed by atoms with E-state index < -0.39 is 10.0 Å². The fourth-order valence-corrected chi connectivity index (χ4v) is 3.47. The van der Waals surface area contributed by atoms with Crippen LogP contribution in [0.25, 0.3) is 10.9 Å². The first-order chi connectivity index (χ1) is 15.5. The molecule has 4 rings (SSSR count). The summed E-state index contributed by atoms with van der Waals surface area (Å²) in [5, 5.41) is 9.77. The second-order valence-corrected chi connectivity index (χ2v) is 8.65. The van der Waals surface area contributed by atoms with Gasteiger partial charge in [-0.2, -0.15) is 5.26 Å². The van der Waals surface area contributed by atoms with Crippen molar-refractivity contribution >= 4 is 47.5 Å². The highest BCUT2D eigenvalue weighted by molar-refractivity contribution is 9.10. The second kappa shape index (κ2) is 13.3. The molecule has 0 saturated heterocycles. The lowest BCUT2D eigenvalue weighted by Gasteiger charge is -1.98. The van der Waals surface area contributed by atoms with Crippen LogP contribution < -0.4 is 4.74 Å². The van der Waals surface area contributed by atoms with Crippen molar-refractivity contribution in [3.8, 4) is 24.2 Å². The Kier molecular flexibility index (Phi) is 10.4. The molecule has 1 aromatic heterocycles. The summed E-state index contributed by atoms with van der Waals surface area (Å²) < 4.78 is 16.3. The number of aromatic nitrogens is 1. The predicted octanol–water partition coefficient (Wildman–Crippen LogP) is 6.49. The number of rotatable bonds is 2. The lowest BCUT2D eigenvalue weighted by Crippen LogP contribution is -1.85. The number of nitrogens with zero attached hydrogens (tertiary/aromatic N) is 2. The Morgan fingerprint density at radius 1 is 1.03 bits per heavy atom. The number of pyridine rings is 1. The number of ether oxygens (including phenoxy) is 1. The highest BCUT2D eigenvalue weighted by atomic mass is 79.9. The normalized spacial score (nSPS) is 10.3. The van der Waals surface area contributed by atoms with Crippen molar-refractivity contribution in [3.63, 3.8) is 0 Å². The van der Waals surface area contributed by atoms with Gasteiger partial charge in [-0.1, -0.05) is 42.3 Å². The van der Waals surface area contributed by atoms with E-state index in [1.54, 1.807) is 31.4 Å². The molecule has 160 valence electrons. The van der Waals surface area contributed by atoms with Crippen molar-refractivity contribution in [2.75, 3.05) is 7.11 Å². The Bertz CT molecular complexity index is 1270. The standard InChI is InChI=1S/C10H5BrN2.C8H6.C7H7ClO2S/c11-8-5-7-3-1-2-4-9(7)13-10(8)6-12;1-2-8-6-4-3-5-7-8;1-10-6-2-4-7(5-3-6)11(8)9/h1-5H;1,3-7H;2-5H,1H3. The summed E-state index contributed by atoms with van der Waals surface area (Å²) in [6.07, 6.45) is 5.10. The van der Waals surface area contributed by atoms with Crippen molar-refractivity contribution in [3.05, 3.63) is 101 Å². The van der Waals surface area contributed by atoms with E-state index >= 15 is 0 Å². The first kappa shape index (κ1) is 25.1. The van der Waals surface area contributed by atoms with Crippen molar-refractivity contribution in [2.24, 2.45) is 0 Å². The first-order valence-electron chi connectivity index (χ1n) is 9.17. The molecule has 0 aliphatic rings. The molecule has 32 heavy (non-hydrogen) atoms. The maximum absolute atomic E-state index is 10.7. The molecular formula is C25H18BrClN2O2S. The summed E-state index contributed by atoms with van der Waals surface area (Å²) in [6, 6.07) is 28.0. The van der Waals surface area contributed by atoms with Gasteiger partial charge >= 0.3 is 0 Å². The number of halogens is 2. The molecule has 0 amide bonds. The topological polar surface area (TPSA) is 63.0 Å². The van der Waals surface area contributed by atoms with Crippen molar-refractivity contribution < 1.29 is 8.95 Å². The van der Waals surface area contributed by atoms with Crippen LogP contribution in [0.1, 0.15) is 11.3 Å². The van der Waals surface area contributed by atoms with Crippen molar-refractivity contribution in [1.82, 2.24) is 4.98 Å². The lowest BCUT2D eigenvalue weighted by atomic mass is 10.2. The summed E-state index contributed by atoms with van der Waals surface area (Å²) in [5.41, 5.74) is 2.22. The van der Waals surface area contributed by atoms with E-state index in [2.05, 4.69) is 26.8 Å². The molecule has 0 N–H and O–H groups in total. The molecule has 0 aliphatic carbocycles. The number of nitriles is 1. The van der Waals surface area contributed by atoms with Crippen LogP contribution in [0.15, 0.2) is 94.3 Å². The van der Waals surface area contributed by atoms with Crippen LogP contribution in [0.2, 0.25) is 0 Å². The molecule has 7 heteroatoms. The third kappa shape index (κ3) is 7.83. The third-order valence-corrected chi connectivity index (χ3v) is 5.75. The number of methoxy groups -OCH3 is 1. The maximum Gasteiger partial charge on any atom is 0.155 e. The highest BCUT2D eigenvalue weighted by Crippen LogP contribution is 2.20. The van der Waals surface area contributed by atoms with Crippen LogP contribution in [0.4, 0.5) is 0 Å². The van der Waals surface area contributed by atoms with Crippen molar-refractivity contribution in [2.45, 2.75) is 4.90 Å². The molecular weight excluding hydrogens is 508 g/mol. The van der Waals surface area contributed by atoms with Gasteiger partial charge in [0.1, 0.15) is 21.8 Å². The fourth-order valence-electron chi connectivity index (χ4n) is 2.39. The molecule has 0 aliphatic heterocycles. The lowest BCUT2D eigenvalue weighted by molar-refractivity contribution is 0.414. The zero-order valence-corrected chi connectivity index (χ0v) is 20.2. The van der Waals surface area contributed by atoms with Crippen LogP contribution in [0.3, 0.4) is 0 Å². The molecule has 4 aromatic rings. The van der Waals surface area contributed by atoms with Gasteiger partial charge < -0.3 is 4.74 Å². The predicted molar refractivity (Wildman–Crippen MR) is 134 cm³/mol. The van der Waals surface area contributed by atoms with Crippen molar-refractivity contribution in [1.29, 1.82) is 5.26 Å². The van der Waals surface area contributed by atoms with Gasteiger partial charge in [-0.3, -0.25) is 0 Å². The monoisotopic (exact) mass is 524 g/mol. The molecule has 4 nitrogen and oxygen atoms in total. The van der Waals surface area contributed by atoms with Gasteiger partial charge in [-0.15, -0.1) is 6.42 Å². The Balaban J connectivity index is 0.000000175. The number of hydrogen-bond acceptors (Lipinski definition) is 4. The van der Waals surface area contributed by atoms with E-state index in [9.17, 15) is 4.21 Å². The van der Waals surface area contributed by atoms with Crippen LogP contribution in [-0.4, -0.2) is 16.3 Å². The number of para-hydroxylation sites is 1. The van der Waals surface area contributed by atoms with E-state index in [-0.39, 0.29) is 0 Å². The largest absolute Gasteiger partial charge is 0.497 e. The quantitative estimate of drug-likeness (QED) is 0.222. The van der Waals surface area contributed by atoms with Gasteiger partial charge in [-0.25, -0.2) is 9.19 Å². The number of fused-ring (bicyclic) bond motifs is 1. The van der Waals surface area contributed by atoms with E-state index in [1.807, 2.05) is 66.7 Å². The number of benzene rings is 3. The molecule has 0 saturated carbocycles. The van der Waals surface area contributed by atoms with Gasteiger partial charge in [0.05, 0.1) is 22.0 Å². The molecule has 1 unspecified atom stereocenters. The Morgan fingerprint density at radius 3 is 2.19 bits per heavy atom. The summed E-state index contributed by atoms with van der Waals surface area (Å²) in [6.45, 7) is 0. The van der Waals surface area contributed by atoms with E-state index in [4.69, 9.17) is 27.1 Å². The summed E-state index contributed by atoms with van der Waals surface area (Å²) in [4.78, 5) is 4.78. The molecule has 0 fully saturated rings. The SMILES string of the molecule is C#Cc1ccccc1.COc1ccc(S(=O)Cl)cc1.N#Cc1nc2ccccc2cc1Br. The molecule has 1 heterocycles. The summed E-state index contributed by atoms with van der Waals surface area (Å²) in [7, 11) is 5.48. The molecule has 0 bridgehead atoms. The molecule has 3 aromatic carbocycles. The maximum atomic E-state index is 10.7. The molecule has 0 spiro atoms. The van der Waals surface area contributed by atoms with E-state index in [0.717, 1.165) is 26.7 Å². The van der Waals surface area contributed by atoms with E-state index in [0.29, 0.717) is 10.6 Å². The summed E-state index contributed by atoms with van der Waals surface area (Å²) >= 11 is 3.29. The minimum Gasteiger partial charge on any atom is -0.497 e. The van der Waals surface area contributed by atoms with Crippen LogP contribution in [-0.2, 0) is 10.0 Å². The average molecular weight is 526 g/mol. The third-order valence-electron chi connectivity index (χ3n) is 3.97. The zero-order chi connectivity index (χ0) is 23.3. The highest BCUT2D eigenvalue weighted by Gasteiger charge is 2.02. The first-order valence-corrected chi connectivity index (χ1v) is 11.9. The minimum atomic E-state index is -1.42. The summed E-state index contributed by atoms with van der Waals surface area (Å²) in [5.74, 6) is 3.26. The van der Waals surface area contributed by atoms with Crippen LogP contribution in [0.5, 0.6) is 5.75 Å². The Hall–Kier alpha value is -3.16. The number of terminal acetylenes is 1. The van der Waals surface area contributed by atoms with Gasteiger partial charge in [0.25, 0.3) is 0 Å². The second-order valence-electron chi connectivity index (χ2n) is 6.03. The van der Waals surface area contributed by atoms with Gasteiger partial charge in [0.2, 0.25) is 0 Å². The molecule has 0 radical (unpaired) electrons. The Labute approximate surface area is 202 Å². The van der Waals surface area contributed by atoms with Gasteiger partial charge in [0, 0.05) is 10.9 Å². The van der Waals surface area contributed by atoms with Gasteiger partial charge in [-0.05, 0) is 75.1 Å². The van der Waals surface area contributed by atoms with Gasteiger partial charge in [0.15, 0.2) is 5.69 Å². The minimum absolute atomic E-state index is 0.429. The average Bonchev–Trinajstić information content (AvgIpc) is 2.85. The number of hydrogen-bond donors (Lipinski definition) is 0. The zero-order valence-electron chi connectivity index (χ0n) is 17.0. The van der Waals surface area contributed by atoms with Crippen LogP contribution >= 0.6 is 26.6 Å². The van der Waals surface area contributed by atoms with Crippen LogP contribution in [0, 0.1) is 23.7 Å². The molecule has 1 atom stereocenters. The Morgan fingerprint density at radius 2 is 1.66 bits per heavy atom. The van der Waals surface area contributed by atoms with E-state index in [1.165, 1.54) is 0 Å².